The maximum Gasteiger partial charge on any atom is 0.417 e. The van der Waals surface area contributed by atoms with Crippen LogP contribution in [0.4, 0.5) is 19.0 Å². The first-order chi connectivity index (χ1) is 15.8. The van der Waals surface area contributed by atoms with Crippen LogP contribution in [0, 0.1) is 6.92 Å². The van der Waals surface area contributed by atoms with Gasteiger partial charge in [-0.3, -0.25) is 4.79 Å². The molecule has 0 aliphatic carbocycles. The van der Waals surface area contributed by atoms with Crippen molar-refractivity contribution in [3.05, 3.63) is 101 Å². The van der Waals surface area contributed by atoms with E-state index in [1.807, 2.05) is 30.3 Å². The number of halogens is 3. The molecule has 4 rings (SSSR count). The smallest absolute Gasteiger partial charge is 0.417 e. The largest absolute Gasteiger partial charge is 0.489 e. The quantitative estimate of drug-likeness (QED) is 0.424. The summed E-state index contributed by atoms with van der Waals surface area (Å²) < 4.78 is 45.4. The van der Waals surface area contributed by atoms with E-state index in [4.69, 9.17) is 4.74 Å². The van der Waals surface area contributed by atoms with Gasteiger partial charge in [0.2, 0.25) is 0 Å². The standard InChI is InChI=1S/C24H19F3N4O2/c1-16-13-22(31(30-16)21-12-11-19(14-28-21)24(25,26)27)29-23(32)18-9-7-17(8-10-18)15-33-20-5-3-2-4-6-20/h2-14H,15H2,1H3,(H,29,32). The van der Waals surface area contributed by atoms with Crippen molar-refractivity contribution in [2.75, 3.05) is 5.32 Å². The zero-order chi connectivity index (χ0) is 23.4. The summed E-state index contributed by atoms with van der Waals surface area (Å²) in [5, 5.41) is 6.96. The molecular weight excluding hydrogens is 433 g/mol. The lowest BCUT2D eigenvalue weighted by Crippen LogP contribution is -2.16. The van der Waals surface area contributed by atoms with Gasteiger partial charge in [0.05, 0.1) is 11.3 Å². The Hall–Kier alpha value is -4.14. The fourth-order valence-electron chi connectivity index (χ4n) is 3.07. The minimum atomic E-state index is -4.49. The van der Waals surface area contributed by atoms with Gasteiger partial charge in [-0.15, -0.1) is 0 Å². The number of hydrogen-bond acceptors (Lipinski definition) is 4. The Kier molecular flexibility index (Phi) is 6.12. The highest BCUT2D eigenvalue weighted by Gasteiger charge is 2.30. The molecule has 1 N–H and O–H groups in total. The summed E-state index contributed by atoms with van der Waals surface area (Å²) in [7, 11) is 0. The molecule has 2 aromatic carbocycles. The summed E-state index contributed by atoms with van der Waals surface area (Å²) in [6.07, 6.45) is -3.75. The lowest BCUT2D eigenvalue weighted by molar-refractivity contribution is -0.137. The maximum atomic E-state index is 12.8. The van der Waals surface area contributed by atoms with Gasteiger partial charge in [0, 0.05) is 17.8 Å². The van der Waals surface area contributed by atoms with Crippen LogP contribution < -0.4 is 10.1 Å². The van der Waals surface area contributed by atoms with Gasteiger partial charge < -0.3 is 10.1 Å². The van der Waals surface area contributed by atoms with E-state index >= 15 is 0 Å². The van der Waals surface area contributed by atoms with E-state index < -0.39 is 17.6 Å². The van der Waals surface area contributed by atoms with Gasteiger partial charge in [-0.2, -0.15) is 23.0 Å². The molecule has 2 aromatic heterocycles. The Balaban J connectivity index is 1.45. The second-order valence-electron chi connectivity index (χ2n) is 7.24. The molecule has 0 saturated carbocycles. The first kappa shape index (κ1) is 22.1. The van der Waals surface area contributed by atoms with E-state index in [0.717, 1.165) is 23.6 Å². The monoisotopic (exact) mass is 452 g/mol. The molecule has 0 radical (unpaired) electrons. The summed E-state index contributed by atoms with van der Waals surface area (Å²) in [6, 6.07) is 20.0. The third-order valence-corrected chi connectivity index (χ3v) is 4.73. The van der Waals surface area contributed by atoms with Crippen LogP contribution in [0.25, 0.3) is 5.82 Å². The second kappa shape index (κ2) is 9.15. The van der Waals surface area contributed by atoms with E-state index in [9.17, 15) is 18.0 Å². The van der Waals surface area contributed by atoms with Crippen LogP contribution in [0.3, 0.4) is 0 Å². The highest BCUT2D eigenvalue weighted by Crippen LogP contribution is 2.29. The van der Waals surface area contributed by atoms with E-state index in [1.165, 1.54) is 10.7 Å². The Morgan fingerprint density at radius 3 is 2.39 bits per heavy atom. The van der Waals surface area contributed by atoms with Crippen molar-refractivity contribution in [2.45, 2.75) is 19.7 Å². The minimum absolute atomic E-state index is 0.153. The molecule has 0 saturated heterocycles. The van der Waals surface area contributed by atoms with Crippen LogP contribution in [-0.2, 0) is 12.8 Å². The van der Waals surface area contributed by atoms with E-state index in [2.05, 4.69) is 15.4 Å². The number of nitrogens with zero attached hydrogens (tertiary/aromatic N) is 3. The van der Waals surface area contributed by atoms with Crippen molar-refractivity contribution in [2.24, 2.45) is 0 Å². The number of benzene rings is 2. The fraction of sp³-hybridized carbons (Fsp3) is 0.125. The summed E-state index contributed by atoms with van der Waals surface area (Å²) in [4.78, 5) is 16.6. The lowest BCUT2D eigenvalue weighted by Gasteiger charge is -2.10. The molecule has 4 aromatic rings. The number of aromatic nitrogens is 3. The zero-order valence-corrected chi connectivity index (χ0v) is 17.5. The normalized spacial score (nSPS) is 11.3. The SMILES string of the molecule is Cc1cc(NC(=O)c2ccc(COc3ccccc3)cc2)n(-c2ccc(C(F)(F)F)cn2)n1. The Morgan fingerprint density at radius 1 is 1.03 bits per heavy atom. The first-order valence-electron chi connectivity index (χ1n) is 9.98. The molecule has 6 nitrogen and oxygen atoms in total. The fourth-order valence-corrected chi connectivity index (χ4v) is 3.07. The Morgan fingerprint density at radius 2 is 1.76 bits per heavy atom. The van der Waals surface area contributed by atoms with Crippen molar-refractivity contribution < 1.29 is 22.7 Å². The minimum Gasteiger partial charge on any atom is -0.489 e. The van der Waals surface area contributed by atoms with E-state index in [1.54, 1.807) is 37.3 Å². The van der Waals surface area contributed by atoms with Gasteiger partial charge in [0.25, 0.3) is 5.91 Å². The summed E-state index contributed by atoms with van der Waals surface area (Å²) in [5.41, 5.74) is 1.01. The molecule has 9 heteroatoms. The van der Waals surface area contributed by atoms with Crippen molar-refractivity contribution >= 4 is 11.7 Å². The van der Waals surface area contributed by atoms with Gasteiger partial charge in [-0.1, -0.05) is 30.3 Å². The molecule has 1 amide bonds. The number of rotatable bonds is 6. The van der Waals surface area contributed by atoms with Crippen molar-refractivity contribution in [1.29, 1.82) is 0 Å². The molecule has 2 heterocycles. The van der Waals surface area contributed by atoms with Crippen molar-refractivity contribution in [3.8, 4) is 11.6 Å². The number of ether oxygens (including phenoxy) is 1. The number of amides is 1. The van der Waals surface area contributed by atoms with E-state index in [-0.39, 0.29) is 5.82 Å². The number of hydrogen-bond donors (Lipinski definition) is 1. The molecule has 0 atom stereocenters. The van der Waals surface area contributed by atoms with Crippen LogP contribution in [-0.4, -0.2) is 20.7 Å². The number of aryl methyl sites for hydroxylation is 1. The van der Waals surface area contributed by atoms with Crippen LogP contribution >= 0.6 is 0 Å². The number of carbonyl (C=O) groups is 1. The molecule has 0 bridgehead atoms. The third kappa shape index (κ3) is 5.38. The van der Waals surface area contributed by atoms with Crippen LogP contribution in [0.15, 0.2) is 79.0 Å². The van der Waals surface area contributed by atoms with E-state index in [0.29, 0.717) is 23.7 Å². The third-order valence-electron chi connectivity index (χ3n) is 4.73. The first-order valence-corrected chi connectivity index (χ1v) is 9.98. The number of alkyl halides is 3. The Bertz CT molecular complexity index is 1240. The number of para-hydroxylation sites is 1. The molecular formula is C24H19F3N4O2. The summed E-state index contributed by atoms with van der Waals surface area (Å²) in [6.45, 7) is 2.06. The van der Waals surface area contributed by atoms with Crippen molar-refractivity contribution in [1.82, 2.24) is 14.8 Å². The van der Waals surface area contributed by atoms with Gasteiger partial charge in [-0.05, 0) is 48.9 Å². The Labute approximate surface area is 187 Å². The zero-order valence-electron chi connectivity index (χ0n) is 17.5. The molecule has 0 aliphatic rings. The second-order valence-corrected chi connectivity index (χ2v) is 7.24. The maximum absolute atomic E-state index is 12.8. The highest BCUT2D eigenvalue weighted by atomic mass is 19.4. The van der Waals surface area contributed by atoms with Crippen LogP contribution in [0.5, 0.6) is 5.75 Å². The average Bonchev–Trinajstić information content (AvgIpc) is 3.18. The number of anilines is 1. The number of nitrogens with one attached hydrogen (secondary N) is 1. The predicted octanol–water partition coefficient (Wildman–Crippen LogP) is 5.43. The van der Waals surface area contributed by atoms with Gasteiger partial charge in [0.1, 0.15) is 18.2 Å². The average molecular weight is 452 g/mol. The highest BCUT2D eigenvalue weighted by molar-refractivity contribution is 6.04. The van der Waals surface area contributed by atoms with Crippen LogP contribution in [0.1, 0.15) is 27.2 Å². The van der Waals surface area contributed by atoms with Gasteiger partial charge in [-0.25, -0.2) is 4.98 Å². The lowest BCUT2D eigenvalue weighted by atomic mass is 10.1. The number of pyridine rings is 1. The van der Waals surface area contributed by atoms with Crippen LogP contribution in [0.2, 0.25) is 0 Å². The predicted molar refractivity (Wildman–Crippen MR) is 116 cm³/mol. The van der Waals surface area contributed by atoms with Crippen molar-refractivity contribution in [3.63, 3.8) is 0 Å². The topological polar surface area (TPSA) is 69.0 Å². The van der Waals surface area contributed by atoms with Gasteiger partial charge in [0.15, 0.2) is 5.82 Å². The number of carbonyl (C=O) groups excluding carboxylic acids is 1. The van der Waals surface area contributed by atoms with Gasteiger partial charge >= 0.3 is 6.18 Å². The molecule has 0 unspecified atom stereocenters. The summed E-state index contributed by atoms with van der Waals surface area (Å²) in [5.74, 6) is 0.805. The summed E-state index contributed by atoms with van der Waals surface area (Å²) >= 11 is 0. The molecule has 0 spiro atoms. The molecule has 0 fully saturated rings. The molecule has 33 heavy (non-hydrogen) atoms. The molecule has 168 valence electrons. The molecule has 0 aliphatic heterocycles.